The Hall–Kier alpha value is -3.62. The Labute approximate surface area is 215 Å². The van der Waals surface area contributed by atoms with Crippen molar-refractivity contribution >= 4 is 23.1 Å². The number of carbonyl (C=O) groups excluding carboxylic acids is 2. The summed E-state index contributed by atoms with van der Waals surface area (Å²) in [6.45, 7) is 3.02. The van der Waals surface area contributed by atoms with E-state index in [4.69, 9.17) is 9.47 Å². The van der Waals surface area contributed by atoms with Crippen molar-refractivity contribution in [2.45, 2.75) is 57.5 Å². The highest BCUT2D eigenvalue weighted by molar-refractivity contribution is 6.01. The van der Waals surface area contributed by atoms with Gasteiger partial charge in [-0.25, -0.2) is 8.91 Å². The van der Waals surface area contributed by atoms with Gasteiger partial charge in [0.2, 0.25) is 0 Å². The highest BCUT2D eigenvalue weighted by Crippen LogP contribution is 2.40. The Bertz CT molecular complexity index is 1280. The molecule has 0 radical (unpaired) electrons. The molecule has 1 amide bonds. The molecular formula is C28H33FN4O4. The zero-order chi connectivity index (χ0) is 25.9. The molecule has 1 atom stereocenters. The van der Waals surface area contributed by atoms with Gasteiger partial charge in [0, 0.05) is 30.0 Å². The molecular weight excluding hydrogens is 475 g/mol. The van der Waals surface area contributed by atoms with Gasteiger partial charge >= 0.3 is 5.97 Å². The van der Waals surface area contributed by atoms with Gasteiger partial charge in [0.15, 0.2) is 0 Å². The van der Waals surface area contributed by atoms with Crippen LogP contribution in [0.2, 0.25) is 0 Å². The predicted octanol–water partition coefficient (Wildman–Crippen LogP) is 4.68. The summed E-state index contributed by atoms with van der Waals surface area (Å²) in [7, 11) is 1.60. The summed E-state index contributed by atoms with van der Waals surface area (Å²) in [4.78, 5) is 27.5. The maximum Gasteiger partial charge on any atom is 0.308 e. The molecule has 1 aromatic carbocycles. The van der Waals surface area contributed by atoms with Crippen molar-refractivity contribution in [3.8, 4) is 5.75 Å². The van der Waals surface area contributed by atoms with Crippen molar-refractivity contribution in [3.05, 3.63) is 59.7 Å². The number of hydrogen-bond acceptors (Lipinski definition) is 6. The average molecular weight is 509 g/mol. The molecule has 9 heteroatoms. The number of nitrogens with one attached hydrogen (secondary N) is 1. The van der Waals surface area contributed by atoms with Gasteiger partial charge < -0.3 is 19.7 Å². The van der Waals surface area contributed by atoms with Crippen molar-refractivity contribution in [2.75, 3.05) is 25.2 Å². The summed E-state index contributed by atoms with van der Waals surface area (Å²) in [6, 6.07) is 8.57. The second kappa shape index (κ2) is 10.8. The van der Waals surface area contributed by atoms with Crippen LogP contribution in [0.5, 0.6) is 5.75 Å². The van der Waals surface area contributed by atoms with Gasteiger partial charge in [-0.05, 0) is 75.8 Å². The fourth-order valence-electron chi connectivity index (χ4n) is 5.68. The van der Waals surface area contributed by atoms with Crippen LogP contribution in [0, 0.1) is 11.7 Å². The Morgan fingerprint density at radius 2 is 1.95 bits per heavy atom. The number of hydrogen-bond donors (Lipinski definition) is 1. The summed E-state index contributed by atoms with van der Waals surface area (Å²) < 4.78 is 26.5. The monoisotopic (exact) mass is 508 g/mol. The molecule has 1 aliphatic heterocycles. The number of anilines is 1. The van der Waals surface area contributed by atoms with Crippen LogP contribution in [-0.2, 0) is 9.53 Å². The van der Waals surface area contributed by atoms with Crippen LogP contribution in [0.25, 0.3) is 5.52 Å². The number of aromatic nitrogens is 2. The van der Waals surface area contributed by atoms with Crippen LogP contribution in [0.4, 0.5) is 10.1 Å². The second-order valence-electron chi connectivity index (χ2n) is 9.78. The highest BCUT2D eigenvalue weighted by atomic mass is 19.1. The zero-order valence-corrected chi connectivity index (χ0v) is 21.3. The lowest BCUT2D eigenvalue weighted by Gasteiger charge is -2.28. The molecule has 1 N–H and O–H groups in total. The first-order valence-corrected chi connectivity index (χ1v) is 13.0. The van der Waals surface area contributed by atoms with Crippen LogP contribution < -0.4 is 15.0 Å². The zero-order valence-electron chi connectivity index (χ0n) is 21.3. The standard InChI is InChI=1S/C28H33FN4O4/c1-3-37-28(35)18-6-9-20(10-7-18)31-27(34)23-17-30-33-14-12-21(16-25(23)33)32-13-4-5-24(32)22-15-19(29)8-11-26(22)36-2/h8,11-12,14-18,20,24H,3-7,9-10,13H2,1-2H3,(H,31,34). The Kier molecular flexibility index (Phi) is 7.30. The molecule has 1 saturated carbocycles. The first-order valence-electron chi connectivity index (χ1n) is 13.0. The van der Waals surface area contributed by atoms with Crippen LogP contribution in [-0.4, -0.2) is 47.8 Å². The fraction of sp³-hybridized carbons (Fsp3) is 0.464. The van der Waals surface area contributed by atoms with Gasteiger partial charge in [-0.3, -0.25) is 9.59 Å². The molecule has 2 aromatic heterocycles. The average Bonchev–Trinajstić information content (AvgIpc) is 3.56. The van der Waals surface area contributed by atoms with E-state index in [-0.39, 0.29) is 35.7 Å². The van der Waals surface area contributed by atoms with Crippen molar-refractivity contribution in [1.29, 1.82) is 0 Å². The van der Waals surface area contributed by atoms with Gasteiger partial charge in [-0.2, -0.15) is 5.10 Å². The van der Waals surface area contributed by atoms with E-state index in [0.29, 0.717) is 36.3 Å². The van der Waals surface area contributed by atoms with E-state index in [1.54, 1.807) is 30.0 Å². The Balaban J connectivity index is 1.33. The number of halogens is 1. The predicted molar refractivity (Wildman–Crippen MR) is 137 cm³/mol. The minimum absolute atomic E-state index is 0.0136. The summed E-state index contributed by atoms with van der Waals surface area (Å²) in [5.41, 5.74) is 3.00. The number of ether oxygens (including phenoxy) is 2. The first-order chi connectivity index (χ1) is 18.0. The number of methoxy groups -OCH3 is 1. The Morgan fingerprint density at radius 1 is 1.14 bits per heavy atom. The number of benzene rings is 1. The molecule has 1 saturated heterocycles. The van der Waals surface area contributed by atoms with E-state index in [1.165, 1.54) is 6.07 Å². The van der Waals surface area contributed by atoms with E-state index in [1.807, 2.05) is 25.3 Å². The van der Waals surface area contributed by atoms with Gasteiger partial charge in [0.05, 0.1) is 43.0 Å². The molecule has 1 unspecified atom stereocenters. The maximum atomic E-state index is 14.1. The summed E-state index contributed by atoms with van der Waals surface area (Å²) in [6.07, 6.45) is 8.20. The molecule has 196 valence electrons. The third kappa shape index (κ3) is 5.12. The third-order valence-corrected chi connectivity index (χ3v) is 7.57. The quantitative estimate of drug-likeness (QED) is 0.467. The molecule has 5 rings (SSSR count). The van der Waals surface area contributed by atoms with Crippen LogP contribution in [0.1, 0.15) is 67.4 Å². The van der Waals surface area contributed by atoms with Crippen molar-refractivity contribution < 1.29 is 23.5 Å². The van der Waals surface area contributed by atoms with Crippen LogP contribution in [0.15, 0.2) is 42.7 Å². The lowest BCUT2D eigenvalue weighted by Crippen LogP contribution is -2.39. The number of nitrogens with zero attached hydrogens (tertiary/aromatic N) is 3. The maximum absolute atomic E-state index is 14.1. The van der Waals surface area contributed by atoms with E-state index in [2.05, 4.69) is 15.3 Å². The molecule has 8 nitrogen and oxygen atoms in total. The Morgan fingerprint density at radius 3 is 2.70 bits per heavy atom. The molecule has 2 fully saturated rings. The largest absolute Gasteiger partial charge is 0.496 e. The number of pyridine rings is 1. The summed E-state index contributed by atoms with van der Waals surface area (Å²) in [5, 5.41) is 7.51. The van der Waals surface area contributed by atoms with Crippen molar-refractivity contribution in [2.24, 2.45) is 5.92 Å². The fourth-order valence-corrected chi connectivity index (χ4v) is 5.68. The highest BCUT2D eigenvalue weighted by Gasteiger charge is 2.31. The molecule has 0 bridgehead atoms. The number of amides is 1. The second-order valence-corrected chi connectivity index (χ2v) is 9.78. The number of fused-ring (bicyclic) bond motifs is 1. The minimum Gasteiger partial charge on any atom is -0.496 e. The molecule has 3 heterocycles. The topological polar surface area (TPSA) is 85.2 Å². The normalized spacial score (nSPS) is 21.7. The van der Waals surface area contributed by atoms with Gasteiger partial charge in [0.25, 0.3) is 5.91 Å². The molecule has 3 aromatic rings. The first kappa shape index (κ1) is 25.0. The smallest absolute Gasteiger partial charge is 0.308 e. The summed E-state index contributed by atoms with van der Waals surface area (Å²) in [5.74, 6) is -0.0154. The summed E-state index contributed by atoms with van der Waals surface area (Å²) >= 11 is 0. The van der Waals surface area contributed by atoms with E-state index in [0.717, 1.165) is 43.5 Å². The number of rotatable bonds is 7. The van der Waals surface area contributed by atoms with Crippen molar-refractivity contribution in [3.63, 3.8) is 0 Å². The number of esters is 1. The van der Waals surface area contributed by atoms with E-state index >= 15 is 0 Å². The van der Waals surface area contributed by atoms with Crippen molar-refractivity contribution in [1.82, 2.24) is 14.9 Å². The van der Waals surface area contributed by atoms with Crippen LogP contribution in [0.3, 0.4) is 0 Å². The molecule has 0 spiro atoms. The minimum atomic E-state index is -0.288. The third-order valence-electron chi connectivity index (χ3n) is 7.57. The van der Waals surface area contributed by atoms with Gasteiger partial charge in [-0.15, -0.1) is 0 Å². The van der Waals surface area contributed by atoms with Gasteiger partial charge in [0.1, 0.15) is 11.6 Å². The molecule has 1 aliphatic carbocycles. The SMILES string of the molecule is CCOC(=O)C1CCC(NC(=O)c2cnn3ccc(N4CCCC4c4cc(F)ccc4OC)cc23)CC1. The van der Waals surface area contributed by atoms with Crippen LogP contribution >= 0.6 is 0 Å². The number of carbonyl (C=O) groups is 2. The molecule has 2 aliphatic rings. The van der Waals surface area contributed by atoms with E-state index in [9.17, 15) is 14.0 Å². The lowest BCUT2D eigenvalue weighted by molar-refractivity contribution is -0.149. The molecule has 37 heavy (non-hydrogen) atoms. The van der Waals surface area contributed by atoms with E-state index < -0.39 is 0 Å². The van der Waals surface area contributed by atoms with Gasteiger partial charge in [-0.1, -0.05) is 0 Å². The lowest BCUT2D eigenvalue weighted by atomic mass is 9.86.